The lowest BCUT2D eigenvalue weighted by atomic mass is 9.91. The Balaban J connectivity index is 1.68. The second-order valence-electron chi connectivity index (χ2n) is 6.33. The second-order valence-corrected chi connectivity index (χ2v) is 6.33. The zero-order valence-electron chi connectivity index (χ0n) is 14.8. The molecule has 0 spiro atoms. The van der Waals surface area contributed by atoms with Gasteiger partial charge in [-0.3, -0.25) is 14.5 Å². The lowest BCUT2D eigenvalue weighted by Gasteiger charge is -2.22. The van der Waals surface area contributed by atoms with Gasteiger partial charge in [-0.05, 0) is 31.5 Å². The molecule has 1 aromatic carbocycles. The van der Waals surface area contributed by atoms with Gasteiger partial charge in [0.25, 0.3) is 5.91 Å². The van der Waals surface area contributed by atoms with Crippen LogP contribution in [0.5, 0.6) is 0 Å². The number of nitriles is 1. The van der Waals surface area contributed by atoms with Gasteiger partial charge in [0.15, 0.2) is 5.82 Å². The van der Waals surface area contributed by atoms with Crippen molar-refractivity contribution in [3.05, 3.63) is 47.2 Å². The van der Waals surface area contributed by atoms with Crippen molar-refractivity contribution in [2.24, 2.45) is 0 Å². The average Bonchev–Trinajstić information content (AvgIpc) is 3.15. The smallest absolute Gasteiger partial charge is 0.325 e. The predicted molar refractivity (Wildman–Crippen MR) is 93.2 cm³/mol. The Morgan fingerprint density at radius 1 is 1.41 bits per heavy atom. The molecule has 0 bridgehead atoms. The van der Waals surface area contributed by atoms with E-state index in [4.69, 9.17) is 9.78 Å². The van der Waals surface area contributed by atoms with Crippen molar-refractivity contribution < 1.29 is 18.9 Å². The fraction of sp³-hybridized carbons (Fsp3) is 0.278. The van der Waals surface area contributed by atoms with E-state index in [1.54, 1.807) is 44.2 Å². The van der Waals surface area contributed by atoms with Gasteiger partial charge in [0.2, 0.25) is 5.91 Å². The van der Waals surface area contributed by atoms with Gasteiger partial charge in [-0.25, -0.2) is 4.79 Å². The van der Waals surface area contributed by atoms with Gasteiger partial charge in [-0.15, -0.1) is 0 Å². The third-order valence-electron chi connectivity index (χ3n) is 4.30. The molecule has 1 unspecified atom stereocenters. The number of aryl methyl sites for hydroxylation is 1. The van der Waals surface area contributed by atoms with Crippen LogP contribution in [0.3, 0.4) is 0 Å². The summed E-state index contributed by atoms with van der Waals surface area (Å²) < 4.78 is 4.86. The van der Waals surface area contributed by atoms with E-state index in [2.05, 4.69) is 15.8 Å². The summed E-state index contributed by atoms with van der Waals surface area (Å²) in [4.78, 5) is 38.1. The van der Waals surface area contributed by atoms with Crippen LogP contribution in [0, 0.1) is 18.3 Å². The molecule has 0 radical (unpaired) electrons. The highest BCUT2D eigenvalue weighted by molar-refractivity contribution is 6.07. The molecule has 0 saturated carbocycles. The first-order valence-corrected chi connectivity index (χ1v) is 8.21. The minimum Gasteiger partial charge on any atom is -0.360 e. The maximum Gasteiger partial charge on any atom is 0.325 e. The van der Waals surface area contributed by atoms with Crippen LogP contribution in [0.25, 0.3) is 0 Å². The Morgan fingerprint density at radius 3 is 2.85 bits per heavy atom. The van der Waals surface area contributed by atoms with Crippen molar-refractivity contribution in [2.45, 2.75) is 25.8 Å². The number of rotatable bonds is 5. The van der Waals surface area contributed by atoms with Gasteiger partial charge >= 0.3 is 6.03 Å². The minimum absolute atomic E-state index is 0.0825. The predicted octanol–water partition coefficient (Wildman–Crippen LogP) is 1.65. The molecule has 27 heavy (non-hydrogen) atoms. The maximum atomic E-state index is 12.8. The average molecular weight is 367 g/mol. The fourth-order valence-corrected chi connectivity index (χ4v) is 2.84. The van der Waals surface area contributed by atoms with Gasteiger partial charge < -0.3 is 15.2 Å². The van der Waals surface area contributed by atoms with Crippen molar-refractivity contribution in [1.82, 2.24) is 15.4 Å². The zero-order valence-corrected chi connectivity index (χ0v) is 14.8. The zero-order chi connectivity index (χ0) is 19.6. The van der Waals surface area contributed by atoms with E-state index in [0.717, 1.165) is 4.90 Å². The van der Waals surface area contributed by atoms with Crippen LogP contribution in [0.4, 0.5) is 10.6 Å². The van der Waals surface area contributed by atoms with Crippen LogP contribution in [-0.4, -0.2) is 34.4 Å². The number of carbonyl (C=O) groups is 3. The second kappa shape index (κ2) is 6.92. The largest absolute Gasteiger partial charge is 0.360 e. The molecular weight excluding hydrogens is 350 g/mol. The van der Waals surface area contributed by atoms with E-state index in [0.29, 0.717) is 16.9 Å². The standard InChI is InChI=1S/C18H17N5O4/c1-11-8-14(22-27-11)20-15(24)6-7-23-16(25)18(2,21-17(23)26)13-5-3-4-12(9-13)10-19/h3-5,8-9H,6-7H2,1-2H3,(H,21,26)(H,20,22,24). The number of amides is 4. The number of hydrogen-bond donors (Lipinski definition) is 2. The van der Waals surface area contributed by atoms with Crippen LogP contribution >= 0.6 is 0 Å². The van der Waals surface area contributed by atoms with Gasteiger partial charge in [-0.2, -0.15) is 5.26 Å². The van der Waals surface area contributed by atoms with Crippen molar-refractivity contribution in [2.75, 3.05) is 11.9 Å². The van der Waals surface area contributed by atoms with Crippen molar-refractivity contribution in [3.63, 3.8) is 0 Å². The molecule has 4 amide bonds. The third kappa shape index (κ3) is 3.50. The normalized spacial score (nSPS) is 18.9. The van der Waals surface area contributed by atoms with Crippen LogP contribution in [0.1, 0.15) is 30.2 Å². The first-order valence-electron chi connectivity index (χ1n) is 8.21. The third-order valence-corrected chi connectivity index (χ3v) is 4.30. The molecule has 9 nitrogen and oxygen atoms in total. The van der Waals surface area contributed by atoms with E-state index in [1.807, 2.05) is 6.07 Å². The number of nitrogens with one attached hydrogen (secondary N) is 2. The molecule has 1 saturated heterocycles. The number of urea groups is 1. The molecule has 1 fully saturated rings. The van der Waals surface area contributed by atoms with E-state index in [9.17, 15) is 14.4 Å². The first kappa shape index (κ1) is 18.1. The SMILES string of the molecule is Cc1cc(NC(=O)CCN2C(=O)NC(C)(c3cccc(C#N)c3)C2=O)no1. The van der Waals surface area contributed by atoms with Gasteiger partial charge in [0.1, 0.15) is 11.3 Å². The minimum atomic E-state index is -1.29. The Hall–Kier alpha value is -3.67. The molecule has 1 aliphatic heterocycles. The van der Waals surface area contributed by atoms with Crippen molar-refractivity contribution in [3.8, 4) is 6.07 Å². The summed E-state index contributed by atoms with van der Waals surface area (Å²) >= 11 is 0. The number of imide groups is 1. The van der Waals surface area contributed by atoms with E-state index in [1.165, 1.54) is 0 Å². The molecule has 2 N–H and O–H groups in total. The first-order chi connectivity index (χ1) is 12.8. The molecule has 2 heterocycles. The number of anilines is 1. The van der Waals surface area contributed by atoms with Crippen molar-refractivity contribution >= 4 is 23.7 Å². The highest BCUT2D eigenvalue weighted by Crippen LogP contribution is 2.29. The number of carbonyl (C=O) groups excluding carboxylic acids is 3. The molecular formula is C18H17N5O4. The summed E-state index contributed by atoms with van der Waals surface area (Å²) in [6, 6.07) is 9.46. The van der Waals surface area contributed by atoms with Gasteiger partial charge in [0.05, 0.1) is 11.6 Å². The summed E-state index contributed by atoms with van der Waals surface area (Å²) in [5, 5.41) is 17.9. The quantitative estimate of drug-likeness (QED) is 0.773. The number of benzene rings is 1. The summed E-state index contributed by atoms with van der Waals surface area (Å²) in [6.45, 7) is 3.18. The number of aromatic nitrogens is 1. The molecule has 3 rings (SSSR count). The maximum absolute atomic E-state index is 12.8. The van der Waals surface area contributed by atoms with E-state index < -0.39 is 23.4 Å². The van der Waals surface area contributed by atoms with Crippen LogP contribution in [0.2, 0.25) is 0 Å². The van der Waals surface area contributed by atoms with E-state index in [-0.39, 0.29) is 18.8 Å². The molecule has 1 atom stereocenters. The highest BCUT2D eigenvalue weighted by atomic mass is 16.5. The molecule has 9 heteroatoms. The van der Waals surface area contributed by atoms with Crippen LogP contribution in [0.15, 0.2) is 34.9 Å². The lowest BCUT2D eigenvalue weighted by molar-refractivity contribution is -0.131. The Kier molecular flexibility index (Phi) is 4.64. The summed E-state index contributed by atoms with van der Waals surface area (Å²) in [7, 11) is 0. The van der Waals surface area contributed by atoms with Crippen molar-refractivity contribution in [1.29, 1.82) is 5.26 Å². The topological polar surface area (TPSA) is 128 Å². The Labute approximate surface area is 154 Å². The molecule has 1 aliphatic rings. The number of hydrogen-bond acceptors (Lipinski definition) is 6. The molecule has 2 aromatic rings. The van der Waals surface area contributed by atoms with Crippen LogP contribution < -0.4 is 10.6 Å². The summed E-state index contributed by atoms with van der Waals surface area (Å²) in [5.41, 5.74) is -0.398. The Bertz CT molecular complexity index is 961. The summed E-state index contributed by atoms with van der Waals surface area (Å²) in [5.74, 6) is -0.0562. The molecule has 1 aromatic heterocycles. The molecule has 0 aliphatic carbocycles. The summed E-state index contributed by atoms with van der Waals surface area (Å²) in [6.07, 6.45) is -0.0839. The van der Waals surface area contributed by atoms with Crippen LogP contribution in [-0.2, 0) is 15.1 Å². The van der Waals surface area contributed by atoms with Gasteiger partial charge in [-0.1, -0.05) is 17.3 Å². The Morgan fingerprint density at radius 2 is 2.19 bits per heavy atom. The van der Waals surface area contributed by atoms with Gasteiger partial charge in [0, 0.05) is 19.0 Å². The monoisotopic (exact) mass is 367 g/mol. The lowest BCUT2D eigenvalue weighted by Crippen LogP contribution is -2.41. The number of nitrogens with zero attached hydrogens (tertiary/aromatic N) is 3. The molecule has 138 valence electrons. The fourth-order valence-electron chi connectivity index (χ4n) is 2.84. The van der Waals surface area contributed by atoms with E-state index >= 15 is 0 Å². The highest BCUT2D eigenvalue weighted by Gasteiger charge is 2.48.